The Kier molecular flexibility index (Phi) is 4.36. The normalized spacial score (nSPS) is 25.1. The van der Waals surface area contributed by atoms with Gasteiger partial charge in [0.1, 0.15) is 0 Å². The Hall–Kier alpha value is -1.97. The van der Waals surface area contributed by atoms with Crippen LogP contribution in [0.1, 0.15) is 38.8 Å². The van der Waals surface area contributed by atoms with Crippen LogP contribution in [0.4, 0.5) is 0 Å². The SMILES string of the molecule is CC1CCCC(NC(=O)Cc2cnc3ccccc3n2)C1C. The summed E-state index contributed by atoms with van der Waals surface area (Å²) in [5.41, 5.74) is 2.43. The minimum absolute atomic E-state index is 0.0514. The second kappa shape index (κ2) is 6.42. The maximum absolute atomic E-state index is 12.3. The molecule has 0 bridgehead atoms. The fourth-order valence-electron chi connectivity index (χ4n) is 3.29. The lowest BCUT2D eigenvalue weighted by molar-refractivity contribution is -0.121. The third kappa shape index (κ3) is 3.26. The highest BCUT2D eigenvalue weighted by molar-refractivity contribution is 5.79. The van der Waals surface area contributed by atoms with Gasteiger partial charge in [0.15, 0.2) is 0 Å². The van der Waals surface area contributed by atoms with Gasteiger partial charge in [-0.05, 0) is 30.4 Å². The molecule has 0 radical (unpaired) electrons. The molecule has 4 nitrogen and oxygen atoms in total. The molecule has 1 amide bonds. The molecule has 0 aliphatic heterocycles. The molecule has 2 aromatic rings. The summed E-state index contributed by atoms with van der Waals surface area (Å²) in [5.74, 6) is 1.27. The Labute approximate surface area is 131 Å². The van der Waals surface area contributed by atoms with Crippen LogP contribution in [-0.4, -0.2) is 21.9 Å². The first kappa shape index (κ1) is 14.9. The van der Waals surface area contributed by atoms with E-state index in [-0.39, 0.29) is 5.91 Å². The summed E-state index contributed by atoms with van der Waals surface area (Å²) in [6.45, 7) is 4.52. The number of carbonyl (C=O) groups excluding carboxylic acids is 1. The van der Waals surface area contributed by atoms with E-state index in [0.29, 0.717) is 24.3 Å². The van der Waals surface area contributed by atoms with E-state index in [4.69, 9.17) is 0 Å². The fraction of sp³-hybridized carbons (Fsp3) is 0.500. The highest BCUT2D eigenvalue weighted by Gasteiger charge is 2.28. The van der Waals surface area contributed by atoms with Crippen LogP contribution in [0.15, 0.2) is 30.5 Å². The number of carbonyl (C=O) groups is 1. The van der Waals surface area contributed by atoms with E-state index in [1.807, 2.05) is 24.3 Å². The lowest BCUT2D eigenvalue weighted by Gasteiger charge is -2.34. The van der Waals surface area contributed by atoms with Crippen molar-refractivity contribution in [2.75, 3.05) is 0 Å². The van der Waals surface area contributed by atoms with Gasteiger partial charge >= 0.3 is 0 Å². The second-order valence-electron chi connectivity index (χ2n) is 6.47. The van der Waals surface area contributed by atoms with Gasteiger partial charge in [-0.1, -0.05) is 38.8 Å². The van der Waals surface area contributed by atoms with Crippen LogP contribution in [0.5, 0.6) is 0 Å². The number of benzene rings is 1. The lowest BCUT2D eigenvalue weighted by Crippen LogP contribution is -2.44. The Balaban J connectivity index is 1.65. The number of hydrogen-bond acceptors (Lipinski definition) is 3. The van der Waals surface area contributed by atoms with Crippen molar-refractivity contribution in [1.29, 1.82) is 0 Å². The zero-order chi connectivity index (χ0) is 15.5. The van der Waals surface area contributed by atoms with Crippen molar-refractivity contribution in [3.63, 3.8) is 0 Å². The first-order chi connectivity index (χ1) is 10.6. The summed E-state index contributed by atoms with van der Waals surface area (Å²) in [7, 11) is 0. The summed E-state index contributed by atoms with van der Waals surface area (Å²) >= 11 is 0. The van der Waals surface area contributed by atoms with Gasteiger partial charge in [0.2, 0.25) is 5.91 Å². The Morgan fingerprint density at radius 3 is 2.82 bits per heavy atom. The summed E-state index contributed by atoms with van der Waals surface area (Å²) in [5, 5.41) is 3.19. The summed E-state index contributed by atoms with van der Waals surface area (Å²) in [6.07, 6.45) is 5.56. The van der Waals surface area contributed by atoms with Gasteiger partial charge in [-0.3, -0.25) is 9.78 Å². The molecule has 4 heteroatoms. The Morgan fingerprint density at radius 2 is 2.00 bits per heavy atom. The fourth-order valence-corrected chi connectivity index (χ4v) is 3.29. The van der Waals surface area contributed by atoms with Crippen molar-refractivity contribution in [2.45, 2.75) is 45.6 Å². The van der Waals surface area contributed by atoms with E-state index in [0.717, 1.165) is 23.1 Å². The van der Waals surface area contributed by atoms with Gasteiger partial charge in [-0.25, -0.2) is 4.98 Å². The third-order valence-corrected chi connectivity index (χ3v) is 4.89. The maximum atomic E-state index is 12.3. The van der Waals surface area contributed by atoms with Crippen LogP contribution in [-0.2, 0) is 11.2 Å². The molecule has 1 aromatic carbocycles. The molecule has 22 heavy (non-hydrogen) atoms. The number of amides is 1. The van der Waals surface area contributed by atoms with Crippen molar-refractivity contribution in [2.24, 2.45) is 11.8 Å². The van der Waals surface area contributed by atoms with Gasteiger partial charge in [-0.15, -0.1) is 0 Å². The molecule has 1 saturated carbocycles. The number of rotatable bonds is 3. The van der Waals surface area contributed by atoms with Crippen molar-refractivity contribution in [3.8, 4) is 0 Å². The molecule has 1 heterocycles. The standard InChI is InChI=1S/C18H23N3O/c1-12-6-5-9-15(13(12)2)21-18(22)10-14-11-19-16-7-3-4-8-17(16)20-14/h3-4,7-8,11-13,15H,5-6,9-10H2,1-2H3,(H,21,22). The molecular weight excluding hydrogens is 274 g/mol. The average molecular weight is 297 g/mol. The van der Waals surface area contributed by atoms with Gasteiger partial charge in [0.25, 0.3) is 0 Å². The van der Waals surface area contributed by atoms with Crippen LogP contribution in [0, 0.1) is 11.8 Å². The van der Waals surface area contributed by atoms with E-state index >= 15 is 0 Å². The van der Waals surface area contributed by atoms with Crippen molar-refractivity contribution in [1.82, 2.24) is 15.3 Å². The molecule has 1 aliphatic carbocycles. The van der Waals surface area contributed by atoms with E-state index in [9.17, 15) is 4.79 Å². The molecule has 1 fully saturated rings. The topological polar surface area (TPSA) is 54.9 Å². The number of hydrogen-bond donors (Lipinski definition) is 1. The minimum atomic E-state index is 0.0514. The highest BCUT2D eigenvalue weighted by atomic mass is 16.1. The van der Waals surface area contributed by atoms with E-state index < -0.39 is 0 Å². The monoisotopic (exact) mass is 297 g/mol. The Bertz CT molecular complexity index is 670. The van der Waals surface area contributed by atoms with Gasteiger partial charge < -0.3 is 5.32 Å². The van der Waals surface area contributed by atoms with Crippen LogP contribution in [0.2, 0.25) is 0 Å². The molecule has 0 spiro atoms. The van der Waals surface area contributed by atoms with Gasteiger partial charge in [-0.2, -0.15) is 0 Å². The first-order valence-corrected chi connectivity index (χ1v) is 8.13. The average Bonchev–Trinajstić information content (AvgIpc) is 2.52. The van der Waals surface area contributed by atoms with Crippen LogP contribution in [0.25, 0.3) is 11.0 Å². The van der Waals surface area contributed by atoms with E-state index in [1.54, 1.807) is 6.20 Å². The molecular formula is C18H23N3O. The highest BCUT2D eigenvalue weighted by Crippen LogP contribution is 2.29. The number of fused-ring (bicyclic) bond motifs is 1. The van der Waals surface area contributed by atoms with Gasteiger partial charge in [0, 0.05) is 12.2 Å². The number of aromatic nitrogens is 2. The molecule has 3 rings (SSSR count). The second-order valence-corrected chi connectivity index (χ2v) is 6.47. The zero-order valence-electron chi connectivity index (χ0n) is 13.2. The van der Waals surface area contributed by atoms with Crippen LogP contribution < -0.4 is 5.32 Å². The number of nitrogens with one attached hydrogen (secondary N) is 1. The molecule has 1 aliphatic rings. The summed E-state index contributed by atoms with van der Waals surface area (Å²) in [4.78, 5) is 21.2. The molecule has 116 valence electrons. The van der Waals surface area contributed by atoms with E-state index in [2.05, 4.69) is 29.1 Å². The number of para-hydroxylation sites is 2. The van der Waals surface area contributed by atoms with Crippen molar-refractivity contribution < 1.29 is 4.79 Å². The largest absolute Gasteiger partial charge is 0.353 e. The predicted molar refractivity (Wildman–Crippen MR) is 87.4 cm³/mol. The van der Waals surface area contributed by atoms with E-state index in [1.165, 1.54) is 12.8 Å². The van der Waals surface area contributed by atoms with Crippen molar-refractivity contribution in [3.05, 3.63) is 36.2 Å². The third-order valence-electron chi connectivity index (χ3n) is 4.89. The molecule has 0 saturated heterocycles. The minimum Gasteiger partial charge on any atom is -0.353 e. The number of nitrogens with zero attached hydrogens (tertiary/aromatic N) is 2. The Morgan fingerprint density at radius 1 is 1.23 bits per heavy atom. The summed E-state index contributed by atoms with van der Waals surface area (Å²) in [6, 6.07) is 8.03. The predicted octanol–water partition coefficient (Wildman–Crippen LogP) is 3.11. The zero-order valence-corrected chi connectivity index (χ0v) is 13.2. The molecule has 1 N–H and O–H groups in total. The lowest BCUT2D eigenvalue weighted by atomic mass is 9.78. The molecule has 3 atom stereocenters. The quantitative estimate of drug-likeness (QED) is 0.947. The van der Waals surface area contributed by atoms with Crippen LogP contribution in [0.3, 0.4) is 0 Å². The van der Waals surface area contributed by atoms with Crippen molar-refractivity contribution >= 4 is 16.9 Å². The molecule has 1 aromatic heterocycles. The maximum Gasteiger partial charge on any atom is 0.226 e. The van der Waals surface area contributed by atoms with Crippen LogP contribution >= 0.6 is 0 Å². The first-order valence-electron chi connectivity index (χ1n) is 8.13. The molecule has 3 unspecified atom stereocenters. The smallest absolute Gasteiger partial charge is 0.226 e. The van der Waals surface area contributed by atoms with Gasteiger partial charge in [0.05, 0.1) is 23.1 Å². The summed E-state index contributed by atoms with van der Waals surface area (Å²) < 4.78 is 0.